The maximum Gasteiger partial charge on any atom is 0.303 e. The summed E-state index contributed by atoms with van der Waals surface area (Å²) < 4.78 is 7.92. The van der Waals surface area contributed by atoms with E-state index in [4.69, 9.17) is 33.0 Å². The van der Waals surface area contributed by atoms with Crippen LogP contribution in [0.15, 0.2) is 18.5 Å². The molecule has 0 saturated heterocycles. The number of hydrogen-bond acceptors (Lipinski definition) is 4. The zero-order chi connectivity index (χ0) is 21.4. The van der Waals surface area contributed by atoms with Gasteiger partial charge >= 0.3 is 5.97 Å². The van der Waals surface area contributed by atoms with E-state index in [1.165, 1.54) is 0 Å². The average molecular weight is 451 g/mol. The minimum Gasteiger partial charge on any atom is -0.493 e. The minimum absolute atomic E-state index is 0.0795. The minimum atomic E-state index is -1.01. The fourth-order valence-electron chi connectivity index (χ4n) is 4.03. The van der Waals surface area contributed by atoms with Crippen LogP contribution >= 0.6 is 23.2 Å². The predicted octanol–water partition coefficient (Wildman–Crippen LogP) is 4.16. The van der Waals surface area contributed by atoms with Gasteiger partial charge in [0.1, 0.15) is 5.75 Å². The van der Waals surface area contributed by atoms with E-state index in [9.17, 15) is 9.59 Å². The molecule has 4 rings (SSSR count). The van der Waals surface area contributed by atoms with Crippen molar-refractivity contribution >= 4 is 46.0 Å². The number of ether oxygens (including phenoxy) is 1. The second-order valence-electron chi connectivity index (χ2n) is 7.03. The van der Waals surface area contributed by atoms with Gasteiger partial charge in [0.25, 0.3) is 0 Å². The predicted molar refractivity (Wildman–Crippen MR) is 113 cm³/mol. The van der Waals surface area contributed by atoms with Crippen molar-refractivity contribution in [1.82, 2.24) is 20.1 Å². The summed E-state index contributed by atoms with van der Waals surface area (Å²) in [5.41, 5.74) is 3.32. The lowest BCUT2D eigenvalue weighted by Gasteiger charge is -2.15. The van der Waals surface area contributed by atoms with Crippen LogP contribution in [0.1, 0.15) is 37.9 Å². The van der Waals surface area contributed by atoms with E-state index in [1.807, 2.05) is 6.92 Å². The van der Waals surface area contributed by atoms with Gasteiger partial charge in [-0.15, -0.1) is 0 Å². The number of carbonyl (C=O) groups is 2. The Hall–Kier alpha value is -2.71. The fraction of sp³-hybridized carbons (Fsp3) is 0.350. The lowest BCUT2D eigenvalue weighted by molar-refractivity contribution is -0.138. The second-order valence-corrected chi connectivity index (χ2v) is 7.81. The molecule has 2 aromatic heterocycles. The van der Waals surface area contributed by atoms with Crippen LogP contribution in [-0.2, 0) is 16.1 Å². The Labute approximate surface area is 182 Å². The van der Waals surface area contributed by atoms with Crippen LogP contribution < -0.4 is 10.1 Å². The first kappa shape index (κ1) is 20.6. The molecule has 3 heterocycles. The second kappa shape index (κ2) is 8.20. The first-order valence-corrected chi connectivity index (χ1v) is 10.3. The van der Waals surface area contributed by atoms with Crippen LogP contribution in [0.2, 0.25) is 10.0 Å². The monoisotopic (exact) mass is 450 g/mol. The molecule has 8 nitrogen and oxygen atoms in total. The summed E-state index contributed by atoms with van der Waals surface area (Å²) in [4.78, 5) is 23.1. The highest BCUT2D eigenvalue weighted by Crippen LogP contribution is 2.49. The van der Waals surface area contributed by atoms with Gasteiger partial charge in [0.05, 0.1) is 46.2 Å². The van der Waals surface area contributed by atoms with Gasteiger partial charge in [-0.1, -0.05) is 23.2 Å². The lowest BCUT2D eigenvalue weighted by Crippen LogP contribution is -2.27. The number of halogens is 2. The molecule has 1 aromatic carbocycles. The number of aromatic nitrogens is 3. The van der Waals surface area contributed by atoms with Gasteiger partial charge in [-0.3, -0.25) is 14.7 Å². The standard InChI is InChI=1S/C20H20Cl2N4O4/c1-2-30-13-7-11(21)18(22)20-17(13)16(10-8-23-24-9-10)19-12(5-6-26(19)20)25-14(27)3-4-15(28)29/h7-9,12H,2-6H2,1H3,(H,23,24)(H,25,27)(H,28,29)/t12-/m0/s1. The van der Waals surface area contributed by atoms with E-state index in [0.29, 0.717) is 35.4 Å². The highest BCUT2D eigenvalue weighted by molar-refractivity contribution is 6.45. The molecular formula is C20H20Cl2N4O4. The van der Waals surface area contributed by atoms with Crippen molar-refractivity contribution in [3.8, 4) is 16.9 Å². The number of amides is 1. The normalized spacial score (nSPS) is 15.4. The summed E-state index contributed by atoms with van der Waals surface area (Å²) in [6.45, 7) is 2.97. The number of carboxylic acids is 1. The number of carboxylic acid groups (broad SMARTS) is 1. The number of fused-ring (bicyclic) bond motifs is 3. The maximum absolute atomic E-state index is 12.3. The van der Waals surface area contributed by atoms with E-state index in [0.717, 1.165) is 27.7 Å². The van der Waals surface area contributed by atoms with E-state index in [2.05, 4.69) is 20.1 Å². The van der Waals surface area contributed by atoms with Crippen LogP contribution in [-0.4, -0.2) is 38.4 Å². The number of aromatic amines is 1. The molecule has 0 aliphatic carbocycles. The Morgan fingerprint density at radius 3 is 2.87 bits per heavy atom. The van der Waals surface area contributed by atoms with Crippen LogP contribution in [0.3, 0.4) is 0 Å². The molecule has 1 aliphatic rings. The SMILES string of the molecule is CCOc1cc(Cl)c(Cl)c2c1c(-c1cn[nH]c1)c1n2CC[C@@H]1NC(=O)CCC(=O)O. The van der Waals surface area contributed by atoms with Crippen molar-refractivity contribution in [3.05, 3.63) is 34.2 Å². The van der Waals surface area contributed by atoms with Crippen molar-refractivity contribution < 1.29 is 19.4 Å². The molecular weight excluding hydrogens is 431 g/mol. The fourth-order valence-corrected chi connectivity index (χ4v) is 4.47. The van der Waals surface area contributed by atoms with Crippen LogP contribution in [0, 0.1) is 0 Å². The Morgan fingerprint density at radius 1 is 1.40 bits per heavy atom. The van der Waals surface area contributed by atoms with Gasteiger partial charge in [0.2, 0.25) is 5.91 Å². The third-order valence-corrected chi connectivity index (χ3v) is 5.96. The quantitative estimate of drug-likeness (QED) is 0.500. The van der Waals surface area contributed by atoms with E-state index in [1.54, 1.807) is 18.5 Å². The van der Waals surface area contributed by atoms with E-state index >= 15 is 0 Å². The summed E-state index contributed by atoms with van der Waals surface area (Å²) in [7, 11) is 0. The van der Waals surface area contributed by atoms with Gasteiger partial charge in [-0.25, -0.2) is 0 Å². The molecule has 0 spiro atoms. The smallest absolute Gasteiger partial charge is 0.303 e. The molecule has 158 valence electrons. The molecule has 3 aromatic rings. The molecule has 0 bridgehead atoms. The van der Waals surface area contributed by atoms with Crippen molar-refractivity contribution in [2.45, 2.75) is 38.8 Å². The number of benzene rings is 1. The van der Waals surface area contributed by atoms with Gasteiger partial charge < -0.3 is 19.7 Å². The number of rotatable bonds is 7. The van der Waals surface area contributed by atoms with Crippen LogP contribution in [0.5, 0.6) is 5.75 Å². The number of aliphatic carboxylic acids is 1. The number of carbonyl (C=O) groups excluding carboxylic acids is 1. The van der Waals surface area contributed by atoms with Gasteiger partial charge in [-0.2, -0.15) is 5.10 Å². The molecule has 0 radical (unpaired) electrons. The summed E-state index contributed by atoms with van der Waals surface area (Å²) in [5, 5.41) is 20.3. The lowest BCUT2D eigenvalue weighted by atomic mass is 10.00. The zero-order valence-electron chi connectivity index (χ0n) is 16.2. The molecule has 0 fully saturated rings. The number of H-pyrrole nitrogens is 1. The van der Waals surface area contributed by atoms with E-state index < -0.39 is 5.97 Å². The molecule has 1 amide bonds. The molecule has 10 heteroatoms. The number of nitrogens with zero attached hydrogens (tertiary/aromatic N) is 2. The van der Waals surface area contributed by atoms with E-state index in [-0.39, 0.29) is 24.8 Å². The van der Waals surface area contributed by atoms with Crippen LogP contribution in [0.4, 0.5) is 0 Å². The Morgan fingerprint density at radius 2 is 2.20 bits per heavy atom. The van der Waals surface area contributed by atoms with Gasteiger partial charge in [0, 0.05) is 42.0 Å². The topological polar surface area (TPSA) is 109 Å². The third-order valence-electron chi connectivity index (χ3n) is 5.18. The average Bonchev–Trinajstić information content (AvgIpc) is 3.41. The Kier molecular flexibility index (Phi) is 5.62. The molecule has 0 unspecified atom stereocenters. The van der Waals surface area contributed by atoms with Crippen molar-refractivity contribution in [1.29, 1.82) is 0 Å². The van der Waals surface area contributed by atoms with Crippen LogP contribution in [0.25, 0.3) is 22.0 Å². The summed E-state index contributed by atoms with van der Waals surface area (Å²) in [6.07, 6.45) is 3.84. The Balaban J connectivity index is 1.89. The number of nitrogens with one attached hydrogen (secondary N) is 2. The molecule has 30 heavy (non-hydrogen) atoms. The zero-order valence-corrected chi connectivity index (χ0v) is 17.7. The summed E-state index contributed by atoms with van der Waals surface area (Å²) in [5.74, 6) is -0.711. The number of aryl methyl sites for hydroxylation is 1. The summed E-state index contributed by atoms with van der Waals surface area (Å²) >= 11 is 13.0. The van der Waals surface area contributed by atoms with Gasteiger partial charge in [-0.05, 0) is 13.3 Å². The van der Waals surface area contributed by atoms with Gasteiger partial charge in [0.15, 0.2) is 0 Å². The van der Waals surface area contributed by atoms with Crippen molar-refractivity contribution in [2.24, 2.45) is 0 Å². The first-order valence-electron chi connectivity index (χ1n) is 9.59. The molecule has 0 saturated carbocycles. The van der Waals surface area contributed by atoms with Crippen molar-refractivity contribution in [2.75, 3.05) is 6.61 Å². The number of hydrogen-bond donors (Lipinski definition) is 3. The first-order chi connectivity index (χ1) is 14.4. The maximum atomic E-state index is 12.3. The Bertz CT molecular complexity index is 1120. The molecule has 1 aliphatic heterocycles. The van der Waals surface area contributed by atoms with Crippen molar-refractivity contribution in [3.63, 3.8) is 0 Å². The molecule has 3 N–H and O–H groups in total. The molecule has 1 atom stereocenters. The largest absolute Gasteiger partial charge is 0.493 e. The summed E-state index contributed by atoms with van der Waals surface area (Å²) in [6, 6.07) is 1.41. The highest BCUT2D eigenvalue weighted by Gasteiger charge is 2.34. The highest BCUT2D eigenvalue weighted by atomic mass is 35.5. The third kappa shape index (κ3) is 3.50.